The molecule has 0 aliphatic heterocycles. The molecule has 1 aromatic rings. The molecule has 2 N–H and O–H groups in total. The first kappa shape index (κ1) is 21.1. The molecule has 0 aliphatic carbocycles. The molecule has 1 rings (SSSR count). The minimum Gasteiger partial charge on any atom is -0.315 e. The summed E-state index contributed by atoms with van der Waals surface area (Å²) in [6, 6.07) is 7.02. The highest BCUT2D eigenvalue weighted by atomic mass is 19.1. The normalized spacial score (nSPS) is 11.1. The Morgan fingerprint density at radius 3 is 1.96 bits per heavy atom. The van der Waals surface area contributed by atoms with Gasteiger partial charge in [-0.1, -0.05) is 76.5 Å². The molecule has 0 fully saturated rings. The van der Waals surface area contributed by atoms with Crippen LogP contribution >= 0.6 is 0 Å². The van der Waals surface area contributed by atoms with E-state index < -0.39 is 0 Å². The summed E-state index contributed by atoms with van der Waals surface area (Å²) >= 11 is 0. The number of halogens is 1. The zero-order chi connectivity index (χ0) is 17.3. The summed E-state index contributed by atoms with van der Waals surface area (Å²) in [5.74, 6) is -0.0946. The fraction of sp³-hybridized carbons (Fsp3) is 0.714. The van der Waals surface area contributed by atoms with Gasteiger partial charge in [0.1, 0.15) is 5.82 Å². The Morgan fingerprint density at radius 1 is 0.708 bits per heavy atom. The van der Waals surface area contributed by atoms with Crippen LogP contribution in [0.2, 0.25) is 0 Å². The molecule has 3 heteroatoms. The van der Waals surface area contributed by atoms with E-state index in [1.54, 1.807) is 6.07 Å². The van der Waals surface area contributed by atoms with E-state index in [0.29, 0.717) is 0 Å². The summed E-state index contributed by atoms with van der Waals surface area (Å²) in [5, 5.41) is 6.85. The molecule has 0 spiro atoms. The lowest BCUT2D eigenvalue weighted by molar-refractivity contribution is 0.541. The van der Waals surface area contributed by atoms with Gasteiger partial charge in [0, 0.05) is 13.1 Å². The van der Waals surface area contributed by atoms with Gasteiger partial charge in [0.2, 0.25) is 0 Å². The summed E-state index contributed by atoms with van der Waals surface area (Å²) in [7, 11) is 0. The first-order valence-corrected chi connectivity index (χ1v) is 9.99. The van der Waals surface area contributed by atoms with Gasteiger partial charge in [-0.15, -0.1) is 0 Å². The third kappa shape index (κ3) is 11.6. The molecular weight excluding hydrogens is 299 g/mol. The number of hydrogen-bond acceptors (Lipinski definition) is 2. The Labute approximate surface area is 148 Å². The quantitative estimate of drug-likeness (QED) is 0.411. The predicted octanol–water partition coefficient (Wildman–Crippen LogP) is 5.08. The molecule has 24 heavy (non-hydrogen) atoms. The molecular formula is C21H37FN2. The van der Waals surface area contributed by atoms with E-state index in [9.17, 15) is 4.39 Å². The minimum absolute atomic E-state index is 0.0946. The summed E-state index contributed by atoms with van der Waals surface area (Å²) < 4.78 is 13.4. The van der Waals surface area contributed by atoms with E-state index in [4.69, 9.17) is 0 Å². The van der Waals surface area contributed by atoms with Crippen molar-refractivity contribution in [1.82, 2.24) is 10.6 Å². The van der Waals surface area contributed by atoms with Gasteiger partial charge in [-0.3, -0.25) is 0 Å². The lowest BCUT2D eigenvalue weighted by Crippen LogP contribution is -2.29. The maximum Gasteiger partial charge on any atom is 0.126 e. The second-order valence-electron chi connectivity index (χ2n) is 6.67. The summed E-state index contributed by atoms with van der Waals surface area (Å²) in [5.41, 5.74) is 0.799. The summed E-state index contributed by atoms with van der Waals surface area (Å²) in [6.07, 6.45) is 13.2. The Bertz CT molecular complexity index is 395. The molecule has 2 nitrogen and oxygen atoms in total. The van der Waals surface area contributed by atoms with Crippen molar-refractivity contribution in [1.29, 1.82) is 0 Å². The second kappa shape index (κ2) is 15.6. The Morgan fingerprint density at radius 2 is 1.29 bits per heavy atom. The van der Waals surface area contributed by atoms with Crippen molar-refractivity contribution in [3.8, 4) is 0 Å². The fourth-order valence-corrected chi connectivity index (χ4v) is 2.91. The van der Waals surface area contributed by atoms with Gasteiger partial charge < -0.3 is 10.6 Å². The monoisotopic (exact) mass is 336 g/mol. The first-order chi connectivity index (χ1) is 11.8. The van der Waals surface area contributed by atoms with Crippen molar-refractivity contribution in [2.45, 2.75) is 71.1 Å². The maximum absolute atomic E-state index is 13.4. The predicted molar refractivity (Wildman–Crippen MR) is 103 cm³/mol. The zero-order valence-electron chi connectivity index (χ0n) is 15.6. The second-order valence-corrected chi connectivity index (χ2v) is 6.67. The Hall–Kier alpha value is -0.930. The largest absolute Gasteiger partial charge is 0.315 e. The van der Waals surface area contributed by atoms with Crippen molar-refractivity contribution in [3.63, 3.8) is 0 Å². The van der Waals surface area contributed by atoms with E-state index in [1.165, 1.54) is 63.9 Å². The van der Waals surface area contributed by atoms with Crippen molar-refractivity contribution < 1.29 is 4.39 Å². The highest BCUT2D eigenvalue weighted by Gasteiger charge is 1.99. The van der Waals surface area contributed by atoms with E-state index in [1.807, 2.05) is 12.1 Å². The molecule has 0 bridgehead atoms. The van der Waals surface area contributed by atoms with Crippen LogP contribution in [-0.4, -0.2) is 26.2 Å². The number of benzene rings is 1. The lowest BCUT2D eigenvalue weighted by atomic mass is 10.1. The van der Waals surface area contributed by atoms with E-state index in [0.717, 1.165) is 38.2 Å². The fourth-order valence-electron chi connectivity index (χ4n) is 2.91. The van der Waals surface area contributed by atoms with Gasteiger partial charge in [0.15, 0.2) is 0 Å². The molecule has 0 unspecified atom stereocenters. The zero-order valence-corrected chi connectivity index (χ0v) is 15.6. The van der Waals surface area contributed by atoms with Crippen LogP contribution in [0.3, 0.4) is 0 Å². The van der Waals surface area contributed by atoms with E-state index in [2.05, 4.69) is 17.6 Å². The van der Waals surface area contributed by atoms with Crippen LogP contribution in [0.15, 0.2) is 24.3 Å². The molecule has 0 aliphatic rings. The summed E-state index contributed by atoms with van der Waals surface area (Å²) in [6.45, 7) is 6.16. The van der Waals surface area contributed by atoms with Gasteiger partial charge >= 0.3 is 0 Å². The molecule has 0 amide bonds. The van der Waals surface area contributed by atoms with E-state index in [-0.39, 0.29) is 5.82 Å². The number of rotatable bonds is 16. The van der Waals surface area contributed by atoms with Crippen molar-refractivity contribution in [2.75, 3.05) is 26.2 Å². The van der Waals surface area contributed by atoms with Crippen LogP contribution in [-0.2, 0) is 6.42 Å². The van der Waals surface area contributed by atoms with Crippen molar-refractivity contribution in [2.24, 2.45) is 0 Å². The van der Waals surface area contributed by atoms with Gasteiger partial charge in [-0.05, 0) is 37.6 Å². The Kier molecular flexibility index (Phi) is 13.7. The third-order valence-corrected chi connectivity index (χ3v) is 4.46. The number of nitrogens with one attached hydrogen (secondary N) is 2. The average Bonchev–Trinajstić information content (AvgIpc) is 2.60. The molecule has 0 heterocycles. The maximum atomic E-state index is 13.4. The molecule has 0 radical (unpaired) electrons. The van der Waals surface area contributed by atoms with Gasteiger partial charge in [0.25, 0.3) is 0 Å². The average molecular weight is 337 g/mol. The molecule has 0 saturated carbocycles. The first-order valence-electron chi connectivity index (χ1n) is 9.99. The van der Waals surface area contributed by atoms with Crippen LogP contribution < -0.4 is 10.6 Å². The lowest BCUT2D eigenvalue weighted by Gasteiger charge is -2.07. The molecule has 138 valence electrons. The SMILES string of the molecule is CCCCCCCCCCCNCCNCCc1ccccc1F. The highest BCUT2D eigenvalue weighted by molar-refractivity contribution is 5.17. The highest BCUT2D eigenvalue weighted by Crippen LogP contribution is 2.09. The van der Waals surface area contributed by atoms with Crippen LogP contribution in [0.5, 0.6) is 0 Å². The van der Waals surface area contributed by atoms with Crippen LogP contribution in [0, 0.1) is 5.82 Å². The van der Waals surface area contributed by atoms with Crippen LogP contribution in [0.4, 0.5) is 4.39 Å². The molecule has 1 aromatic carbocycles. The van der Waals surface area contributed by atoms with Gasteiger partial charge in [0.05, 0.1) is 0 Å². The third-order valence-electron chi connectivity index (χ3n) is 4.46. The topological polar surface area (TPSA) is 24.1 Å². The van der Waals surface area contributed by atoms with Crippen molar-refractivity contribution >= 4 is 0 Å². The number of hydrogen-bond donors (Lipinski definition) is 2. The number of unbranched alkanes of at least 4 members (excludes halogenated alkanes) is 8. The molecule has 0 aromatic heterocycles. The van der Waals surface area contributed by atoms with Gasteiger partial charge in [-0.25, -0.2) is 4.39 Å². The molecule has 0 atom stereocenters. The van der Waals surface area contributed by atoms with Crippen LogP contribution in [0.25, 0.3) is 0 Å². The van der Waals surface area contributed by atoms with Crippen molar-refractivity contribution in [3.05, 3.63) is 35.6 Å². The smallest absolute Gasteiger partial charge is 0.126 e. The minimum atomic E-state index is -0.0946. The van der Waals surface area contributed by atoms with Gasteiger partial charge in [-0.2, -0.15) is 0 Å². The van der Waals surface area contributed by atoms with Crippen LogP contribution in [0.1, 0.15) is 70.3 Å². The standard InChI is InChI=1S/C21H37FN2/c1-2-3-4-5-6-7-8-9-12-16-23-18-19-24-17-15-20-13-10-11-14-21(20)22/h10-11,13-14,23-24H,2-9,12,15-19H2,1H3. The molecule has 0 saturated heterocycles. The summed E-state index contributed by atoms with van der Waals surface area (Å²) in [4.78, 5) is 0. The Balaban J connectivity index is 1.77. The van der Waals surface area contributed by atoms with E-state index >= 15 is 0 Å².